The van der Waals surface area contributed by atoms with Crippen LogP contribution < -0.4 is 4.74 Å². The van der Waals surface area contributed by atoms with Crippen molar-refractivity contribution in [3.63, 3.8) is 0 Å². The number of hydrogen-bond donors (Lipinski definition) is 0. The van der Waals surface area contributed by atoms with Crippen molar-refractivity contribution in [2.24, 2.45) is 5.16 Å². The van der Waals surface area contributed by atoms with E-state index in [0.717, 1.165) is 30.1 Å². The highest BCUT2D eigenvalue weighted by Gasteiger charge is 2.39. The van der Waals surface area contributed by atoms with E-state index < -0.39 is 0 Å². The van der Waals surface area contributed by atoms with Crippen molar-refractivity contribution in [1.82, 2.24) is 0 Å². The summed E-state index contributed by atoms with van der Waals surface area (Å²) in [5.74, 6) is 0.835. The van der Waals surface area contributed by atoms with Crippen molar-refractivity contribution in [2.45, 2.75) is 18.6 Å². The number of rotatable bonds is 3. The van der Waals surface area contributed by atoms with Crippen molar-refractivity contribution >= 4 is 5.71 Å². The fraction of sp³-hybridized carbons (Fsp3) is 0.417. The summed E-state index contributed by atoms with van der Waals surface area (Å²) in [6.45, 7) is 0.791. The standard InChI is InChI=1S/C12H13NO3/c1-14-10-5-3-2-4-8(10)9-6-11(16-13-9)12-7-15-12/h2-5,11-12H,6-7H2,1H3/t11-,12-/m0/s1. The number of nitrogens with zero attached hydrogens (tertiary/aromatic N) is 1. The third-order valence-electron chi connectivity index (χ3n) is 2.88. The number of hydrogen-bond acceptors (Lipinski definition) is 4. The second-order valence-electron chi connectivity index (χ2n) is 3.96. The number of para-hydroxylation sites is 1. The van der Waals surface area contributed by atoms with Gasteiger partial charge in [0, 0.05) is 12.0 Å². The fourth-order valence-electron chi connectivity index (χ4n) is 1.91. The van der Waals surface area contributed by atoms with Crippen LogP contribution in [0.15, 0.2) is 29.4 Å². The molecule has 0 saturated carbocycles. The van der Waals surface area contributed by atoms with Crippen LogP contribution in [0.25, 0.3) is 0 Å². The number of methoxy groups -OCH3 is 1. The molecule has 0 radical (unpaired) electrons. The Balaban J connectivity index is 1.82. The highest BCUT2D eigenvalue weighted by molar-refractivity contribution is 6.03. The SMILES string of the molecule is COc1ccccc1C1=NO[C@H]([C@@H]2CO2)C1. The predicted molar refractivity (Wildman–Crippen MR) is 58.8 cm³/mol. The van der Waals surface area contributed by atoms with Crippen molar-refractivity contribution in [2.75, 3.05) is 13.7 Å². The van der Waals surface area contributed by atoms with Crippen LogP contribution in [0.3, 0.4) is 0 Å². The molecule has 0 bridgehead atoms. The lowest BCUT2D eigenvalue weighted by Crippen LogP contribution is -2.15. The molecule has 2 atom stereocenters. The van der Waals surface area contributed by atoms with E-state index in [-0.39, 0.29) is 12.2 Å². The number of epoxide rings is 1. The smallest absolute Gasteiger partial charge is 0.161 e. The zero-order valence-corrected chi connectivity index (χ0v) is 9.05. The van der Waals surface area contributed by atoms with E-state index in [4.69, 9.17) is 14.3 Å². The third-order valence-corrected chi connectivity index (χ3v) is 2.88. The first-order chi connectivity index (χ1) is 7.88. The molecular weight excluding hydrogens is 206 g/mol. The van der Waals surface area contributed by atoms with E-state index in [9.17, 15) is 0 Å². The third kappa shape index (κ3) is 1.65. The average Bonchev–Trinajstić information content (AvgIpc) is 3.07. The molecule has 16 heavy (non-hydrogen) atoms. The maximum atomic E-state index is 5.35. The van der Waals surface area contributed by atoms with Gasteiger partial charge in [0.15, 0.2) is 6.10 Å². The van der Waals surface area contributed by atoms with Crippen LogP contribution in [0, 0.1) is 0 Å². The average molecular weight is 219 g/mol. The number of ether oxygens (including phenoxy) is 2. The van der Waals surface area contributed by atoms with Gasteiger partial charge in [-0.3, -0.25) is 0 Å². The first-order valence-corrected chi connectivity index (χ1v) is 5.36. The lowest BCUT2D eigenvalue weighted by atomic mass is 10.0. The molecule has 0 aromatic heterocycles. The number of oxime groups is 1. The topological polar surface area (TPSA) is 43.4 Å². The first-order valence-electron chi connectivity index (χ1n) is 5.36. The molecule has 3 rings (SSSR count). The van der Waals surface area contributed by atoms with Gasteiger partial charge in [-0.15, -0.1) is 0 Å². The van der Waals surface area contributed by atoms with Crippen molar-refractivity contribution < 1.29 is 14.3 Å². The zero-order valence-electron chi connectivity index (χ0n) is 9.05. The van der Waals surface area contributed by atoms with Crippen LogP contribution in [-0.4, -0.2) is 31.6 Å². The Morgan fingerprint density at radius 2 is 2.12 bits per heavy atom. The van der Waals surface area contributed by atoms with E-state index in [2.05, 4.69) is 5.16 Å². The first kappa shape index (κ1) is 9.66. The molecule has 4 heteroatoms. The molecule has 1 fully saturated rings. The Morgan fingerprint density at radius 1 is 1.31 bits per heavy atom. The van der Waals surface area contributed by atoms with Crippen LogP contribution in [0.2, 0.25) is 0 Å². The molecule has 0 amide bonds. The molecule has 0 spiro atoms. The quantitative estimate of drug-likeness (QED) is 0.725. The van der Waals surface area contributed by atoms with E-state index in [1.807, 2.05) is 24.3 Å². The summed E-state index contributed by atoms with van der Waals surface area (Å²) in [6.07, 6.45) is 1.11. The van der Waals surface area contributed by atoms with Crippen LogP contribution in [-0.2, 0) is 9.57 Å². The van der Waals surface area contributed by atoms with Gasteiger partial charge in [0.05, 0.1) is 19.4 Å². The minimum atomic E-state index is 0.0833. The van der Waals surface area contributed by atoms with Crippen molar-refractivity contribution in [1.29, 1.82) is 0 Å². The summed E-state index contributed by atoms with van der Waals surface area (Å²) in [6, 6.07) is 7.84. The molecule has 0 unspecified atom stereocenters. The molecule has 1 aromatic rings. The van der Waals surface area contributed by atoms with E-state index in [1.54, 1.807) is 7.11 Å². The maximum absolute atomic E-state index is 5.35. The minimum Gasteiger partial charge on any atom is -0.496 e. The summed E-state index contributed by atoms with van der Waals surface area (Å²) in [5.41, 5.74) is 1.95. The Morgan fingerprint density at radius 3 is 2.88 bits per heavy atom. The van der Waals surface area contributed by atoms with Gasteiger partial charge in [-0.2, -0.15) is 0 Å². The minimum absolute atomic E-state index is 0.0833. The predicted octanol–water partition coefficient (Wildman–Crippen LogP) is 1.59. The van der Waals surface area contributed by atoms with Gasteiger partial charge in [-0.1, -0.05) is 17.3 Å². The van der Waals surface area contributed by atoms with Crippen molar-refractivity contribution in [3.05, 3.63) is 29.8 Å². The highest BCUT2D eigenvalue weighted by Crippen LogP contribution is 2.29. The monoisotopic (exact) mass is 219 g/mol. The van der Waals surface area contributed by atoms with Gasteiger partial charge in [-0.05, 0) is 12.1 Å². The molecule has 4 nitrogen and oxygen atoms in total. The highest BCUT2D eigenvalue weighted by atomic mass is 16.7. The van der Waals surface area contributed by atoms with Gasteiger partial charge in [0.2, 0.25) is 0 Å². The van der Waals surface area contributed by atoms with Crippen LogP contribution >= 0.6 is 0 Å². The molecule has 0 aliphatic carbocycles. The Labute approximate surface area is 93.8 Å². The summed E-state index contributed by atoms with van der Waals surface area (Å²) in [5, 5.41) is 4.11. The molecule has 1 aromatic carbocycles. The molecule has 1 saturated heterocycles. The lowest BCUT2D eigenvalue weighted by Gasteiger charge is -2.06. The second kappa shape index (κ2) is 3.79. The van der Waals surface area contributed by atoms with Gasteiger partial charge >= 0.3 is 0 Å². The largest absolute Gasteiger partial charge is 0.496 e. The molecule has 0 N–H and O–H groups in total. The summed E-state index contributed by atoms with van der Waals surface area (Å²) < 4.78 is 10.5. The van der Waals surface area contributed by atoms with Crippen molar-refractivity contribution in [3.8, 4) is 5.75 Å². The molecule has 84 valence electrons. The zero-order chi connectivity index (χ0) is 11.0. The molecule has 2 aliphatic heterocycles. The van der Waals surface area contributed by atoms with Crippen LogP contribution in [0.1, 0.15) is 12.0 Å². The van der Waals surface area contributed by atoms with Crippen LogP contribution in [0.4, 0.5) is 0 Å². The van der Waals surface area contributed by atoms with E-state index in [1.165, 1.54) is 0 Å². The van der Waals surface area contributed by atoms with E-state index >= 15 is 0 Å². The van der Waals surface area contributed by atoms with Gasteiger partial charge in [-0.25, -0.2) is 0 Å². The Kier molecular flexibility index (Phi) is 2.29. The normalized spacial score (nSPS) is 27.2. The summed E-state index contributed by atoms with van der Waals surface area (Å²) in [4.78, 5) is 5.35. The van der Waals surface area contributed by atoms with Gasteiger partial charge in [0.25, 0.3) is 0 Å². The fourth-order valence-corrected chi connectivity index (χ4v) is 1.91. The van der Waals surface area contributed by atoms with Gasteiger partial charge in [0.1, 0.15) is 11.9 Å². The van der Waals surface area contributed by atoms with E-state index in [0.29, 0.717) is 0 Å². The lowest BCUT2D eigenvalue weighted by molar-refractivity contribution is 0.0627. The summed E-state index contributed by atoms with van der Waals surface area (Å²) in [7, 11) is 1.66. The molecule has 2 heterocycles. The second-order valence-corrected chi connectivity index (χ2v) is 3.96. The number of benzene rings is 1. The summed E-state index contributed by atoms with van der Waals surface area (Å²) >= 11 is 0. The molecular formula is C12H13NO3. The van der Waals surface area contributed by atoms with Gasteiger partial charge < -0.3 is 14.3 Å². The Hall–Kier alpha value is -1.55. The molecule has 2 aliphatic rings. The maximum Gasteiger partial charge on any atom is 0.161 e. The Bertz CT molecular complexity index is 426. The van der Waals surface area contributed by atoms with Crippen LogP contribution in [0.5, 0.6) is 5.75 Å².